The van der Waals surface area contributed by atoms with Crippen molar-refractivity contribution < 1.29 is 28.2 Å². The van der Waals surface area contributed by atoms with Crippen molar-refractivity contribution >= 4 is 48.6 Å². The van der Waals surface area contributed by atoms with Crippen molar-refractivity contribution in [3.8, 4) is 0 Å². The van der Waals surface area contributed by atoms with Crippen LogP contribution in [0.1, 0.15) is 81.3 Å². The Balaban J connectivity index is 1.15. The van der Waals surface area contributed by atoms with Crippen molar-refractivity contribution in [2.75, 3.05) is 19.7 Å². The van der Waals surface area contributed by atoms with Crippen LogP contribution in [0.5, 0.6) is 0 Å². The Morgan fingerprint density at radius 1 is 1.00 bits per heavy atom. The molecule has 3 heterocycles. The number of sulfonamides is 1. The van der Waals surface area contributed by atoms with Crippen LogP contribution in [0.2, 0.25) is 0 Å². The predicted octanol–water partition coefficient (Wildman–Crippen LogP) is 7.61. The molecular weight excluding hydrogens is 687 g/mol. The van der Waals surface area contributed by atoms with Crippen LogP contribution < -0.4 is 0 Å². The molecule has 10 rings (SSSR count). The first kappa shape index (κ1) is 33.6. The van der Waals surface area contributed by atoms with E-state index >= 15 is 4.79 Å². The van der Waals surface area contributed by atoms with Crippen molar-refractivity contribution in [1.82, 2.24) is 4.31 Å². The summed E-state index contributed by atoms with van der Waals surface area (Å²) in [5.41, 5.74) is -2.26. The van der Waals surface area contributed by atoms with E-state index in [9.17, 15) is 18.6 Å². The number of hydrogen-bond acceptors (Lipinski definition) is 8. The number of ether oxygens (including phenoxy) is 1. The Hall–Kier alpha value is -2.18. The van der Waals surface area contributed by atoms with Crippen LogP contribution in [-0.4, -0.2) is 66.2 Å². The molecule has 3 saturated carbocycles. The first-order valence-corrected chi connectivity index (χ1v) is 21.5. The summed E-state index contributed by atoms with van der Waals surface area (Å²) in [5.74, 6) is 0.168. The lowest BCUT2D eigenvalue weighted by atomic mass is 9.32. The van der Waals surface area contributed by atoms with Gasteiger partial charge in [-0.05, 0) is 104 Å². The molecule has 1 aromatic carbocycles. The number of nitrogens with zero attached hydrogens (tertiary/aromatic N) is 1. The number of fused-ring (bicyclic) bond motifs is 2. The molecule has 10 heteroatoms. The Bertz CT molecular complexity index is 1980. The molecule has 2 aromatic heterocycles. The number of aliphatic hydroxyl groups is 2. The van der Waals surface area contributed by atoms with Crippen molar-refractivity contribution in [3.05, 3.63) is 76.5 Å². The fourth-order valence-corrected chi connectivity index (χ4v) is 15.6. The van der Waals surface area contributed by atoms with Gasteiger partial charge in [-0.1, -0.05) is 56.3 Å². The van der Waals surface area contributed by atoms with Gasteiger partial charge >= 0.3 is 0 Å². The highest BCUT2D eigenvalue weighted by Gasteiger charge is 2.74. The first-order chi connectivity index (χ1) is 23.9. The highest BCUT2D eigenvalue weighted by atomic mass is 32.2. The van der Waals surface area contributed by atoms with Gasteiger partial charge in [0.2, 0.25) is 0 Å². The lowest BCUT2D eigenvalue weighted by Gasteiger charge is -2.71. The molecule has 1 unspecified atom stereocenters. The second kappa shape index (κ2) is 11.4. The van der Waals surface area contributed by atoms with E-state index in [1.165, 1.54) is 15.6 Å². The van der Waals surface area contributed by atoms with Crippen molar-refractivity contribution in [2.45, 2.75) is 93.7 Å². The zero-order chi connectivity index (χ0) is 34.7. The minimum absolute atomic E-state index is 0.00125. The van der Waals surface area contributed by atoms with Gasteiger partial charge in [0.05, 0.1) is 22.7 Å². The molecule has 0 radical (unpaired) electrons. The van der Waals surface area contributed by atoms with Crippen LogP contribution in [0, 0.1) is 33.5 Å². The van der Waals surface area contributed by atoms with Crippen molar-refractivity contribution in [1.29, 1.82) is 0 Å². The van der Waals surface area contributed by atoms with Crippen LogP contribution in [0.25, 0.3) is 10.1 Å². The molecule has 7 nitrogen and oxygen atoms in total. The molecule has 0 amide bonds. The summed E-state index contributed by atoms with van der Waals surface area (Å²) >= 11 is 2.75. The van der Waals surface area contributed by atoms with E-state index in [4.69, 9.17) is 4.74 Å². The van der Waals surface area contributed by atoms with E-state index in [2.05, 4.69) is 44.2 Å². The number of benzene rings is 1. The van der Waals surface area contributed by atoms with Gasteiger partial charge in [0.1, 0.15) is 4.21 Å². The summed E-state index contributed by atoms with van der Waals surface area (Å²) in [6, 6.07) is 13.6. The molecule has 266 valence electrons. The zero-order valence-electron chi connectivity index (χ0n) is 28.8. The topological polar surface area (TPSA) is 104 Å². The standard InChI is InChI=1S/C40H47NO6S3/c1-36-14-11-27(42)22-38(36)17-18-40(29(23-38)35(43)31-21-26-7-3-4-9-30(26)49-31)32(36)12-15-37(2)33(40)13-16-39(37,44)25-41(24-28-8-5-19-47-28)50(45,46)34-10-6-20-48-34/h3-4,6-7,9-10,17-18,20-21,23,27-28,32-33,42,44H,5,8,11-16,19,22,24-25H2,1-2H3/t27?,28-,32-,33-,36-,37+,38+,39-,40-/m1/s1. The molecule has 2 N–H and O–H groups in total. The van der Waals surface area contributed by atoms with Gasteiger partial charge in [0.15, 0.2) is 5.78 Å². The summed E-state index contributed by atoms with van der Waals surface area (Å²) in [7, 11) is -3.87. The van der Waals surface area contributed by atoms with E-state index in [-0.39, 0.29) is 46.4 Å². The molecule has 2 spiro atoms. The lowest BCUT2D eigenvalue weighted by Crippen LogP contribution is -2.67. The molecule has 1 aliphatic heterocycles. The molecule has 9 atom stereocenters. The minimum Gasteiger partial charge on any atom is -0.393 e. The second-order valence-electron chi connectivity index (χ2n) is 16.7. The van der Waals surface area contributed by atoms with Gasteiger partial charge in [-0.2, -0.15) is 4.31 Å². The molecule has 7 aliphatic rings. The second-order valence-corrected chi connectivity index (χ2v) is 20.8. The number of ketones is 1. The van der Waals surface area contributed by atoms with E-state index in [0.29, 0.717) is 25.9 Å². The Labute approximate surface area is 303 Å². The molecule has 4 fully saturated rings. The van der Waals surface area contributed by atoms with Crippen LogP contribution in [0.4, 0.5) is 0 Å². The Morgan fingerprint density at radius 3 is 2.54 bits per heavy atom. The van der Waals surface area contributed by atoms with Crippen LogP contribution in [0.15, 0.2) is 75.9 Å². The SMILES string of the molecule is C[C@]12CC[C@H]3[C@]4(C=C[C@@]5(C=C4C(=O)c4cc6ccccc6s4)CC(O)CC[C@]35C)[C@@H]1CC[C@@]2(O)CN(C[C@H]1CCCO1)S(=O)(=O)c1cccs1. The normalized spacial score (nSPS) is 40.5. The number of Topliss-reactive ketones (excluding diaryl/α,β-unsaturated/α-hetero) is 1. The fraction of sp³-hybridized carbons (Fsp3) is 0.575. The van der Waals surface area contributed by atoms with Gasteiger partial charge < -0.3 is 14.9 Å². The number of hydrogen-bond donors (Lipinski definition) is 2. The number of aliphatic hydroxyl groups excluding tert-OH is 1. The maximum Gasteiger partial charge on any atom is 0.252 e. The van der Waals surface area contributed by atoms with Crippen molar-refractivity contribution in [3.63, 3.8) is 0 Å². The average Bonchev–Trinajstić information content (AvgIpc) is 3.92. The fourth-order valence-electron chi connectivity index (χ4n) is 11.9. The third-order valence-corrected chi connectivity index (χ3v) is 18.9. The molecule has 50 heavy (non-hydrogen) atoms. The highest BCUT2D eigenvalue weighted by molar-refractivity contribution is 7.91. The van der Waals surface area contributed by atoms with E-state index in [1.807, 2.05) is 18.2 Å². The molecule has 2 bridgehead atoms. The third kappa shape index (κ3) is 4.51. The Morgan fingerprint density at radius 2 is 1.78 bits per heavy atom. The maximum atomic E-state index is 15.0. The minimum atomic E-state index is -3.87. The average molecular weight is 734 g/mol. The Kier molecular flexibility index (Phi) is 7.68. The van der Waals surface area contributed by atoms with Crippen LogP contribution in [-0.2, 0) is 14.8 Å². The van der Waals surface area contributed by atoms with Gasteiger partial charge in [-0.3, -0.25) is 4.79 Å². The van der Waals surface area contributed by atoms with Crippen LogP contribution >= 0.6 is 22.7 Å². The molecular formula is C40H47NO6S3. The summed E-state index contributed by atoms with van der Waals surface area (Å²) < 4.78 is 37.3. The van der Waals surface area contributed by atoms with E-state index < -0.39 is 38.0 Å². The number of thiophene rings is 2. The highest BCUT2D eigenvalue weighted by Crippen LogP contribution is 2.78. The third-order valence-electron chi connectivity index (χ3n) is 14.6. The van der Waals surface area contributed by atoms with E-state index in [1.54, 1.807) is 28.8 Å². The molecule has 1 saturated heterocycles. The summed E-state index contributed by atoms with van der Waals surface area (Å²) in [6.45, 7) is 5.41. The number of rotatable bonds is 8. The maximum absolute atomic E-state index is 15.0. The quantitative estimate of drug-likeness (QED) is 0.183. The van der Waals surface area contributed by atoms with Gasteiger partial charge in [-0.15, -0.1) is 22.7 Å². The number of allylic oxidation sites excluding steroid dienone is 4. The van der Waals surface area contributed by atoms with Crippen LogP contribution in [0.3, 0.4) is 0 Å². The summed E-state index contributed by atoms with van der Waals surface area (Å²) in [5, 5.41) is 26.9. The molecule has 6 aliphatic carbocycles. The molecule has 3 aromatic rings. The van der Waals surface area contributed by atoms with E-state index in [0.717, 1.165) is 59.1 Å². The van der Waals surface area contributed by atoms with Crippen molar-refractivity contribution in [2.24, 2.45) is 33.5 Å². The largest absolute Gasteiger partial charge is 0.393 e. The predicted molar refractivity (Wildman–Crippen MR) is 197 cm³/mol. The summed E-state index contributed by atoms with van der Waals surface area (Å²) in [4.78, 5) is 15.8. The van der Waals surface area contributed by atoms with Gasteiger partial charge in [-0.25, -0.2) is 8.42 Å². The zero-order valence-corrected chi connectivity index (χ0v) is 31.3. The summed E-state index contributed by atoms with van der Waals surface area (Å²) in [6.07, 6.45) is 13.0. The monoisotopic (exact) mass is 733 g/mol. The van der Waals surface area contributed by atoms with Gasteiger partial charge in [0.25, 0.3) is 10.0 Å². The number of carbonyl (C=O) groups is 1. The lowest BCUT2D eigenvalue weighted by molar-refractivity contribution is -0.174. The van der Waals surface area contributed by atoms with Gasteiger partial charge in [0, 0.05) is 46.2 Å². The number of carbonyl (C=O) groups excluding carboxylic acids is 1. The first-order valence-electron chi connectivity index (χ1n) is 18.4. The smallest absolute Gasteiger partial charge is 0.252 e.